The summed E-state index contributed by atoms with van der Waals surface area (Å²) in [5, 5.41) is 0.780. The van der Waals surface area contributed by atoms with Gasteiger partial charge in [-0.25, -0.2) is 4.99 Å². The first-order valence-corrected chi connectivity index (χ1v) is 8.43. The van der Waals surface area contributed by atoms with Crippen molar-refractivity contribution < 1.29 is 9.15 Å². The van der Waals surface area contributed by atoms with Gasteiger partial charge in [0.1, 0.15) is 11.6 Å². The molecular weight excluding hydrogens is 314 g/mol. The average Bonchev–Trinajstić information content (AvgIpc) is 3.09. The molecular formula is C20H23N3O2. The van der Waals surface area contributed by atoms with Crippen LogP contribution in [0.4, 0.5) is 0 Å². The molecule has 1 aromatic carbocycles. The van der Waals surface area contributed by atoms with Crippen LogP contribution in [0.25, 0.3) is 5.82 Å². The summed E-state index contributed by atoms with van der Waals surface area (Å²) < 4.78 is 10.7. The average molecular weight is 337 g/mol. The predicted molar refractivity (Wildman–Crippen MR) is 96.5 cm³/mol. The van der Waals surface area contributed by atoms with Gasteiger partial charge >= 0.3 is 0 Å². The van der Waals surface area contributed by atoms with E-state index in [4.69, 9.17) is 19.9 Å². The van der Waals surface area contributed by atoms with Gasteiger partial charge in [0.05, 0.1) is 18.6 Å². The van der Waals surface area contributed by atoms with Gasteiger partial charge in [0.2, 0.25) is 5.55 Å². The minimum atomic E-state index is -0.337. The predicted octanol–water partition coefficient (Wildman–Crippen LogP) is 2.34. The van der Waals surface area contributed by atoms with E-state index in [9.17, 15) is 0 Å². The molecule has 0 fully saturated rings. The molecule has 0 spiro atoms. The lowest BCUT2D eigenvalue weighted by Crippen LogP contribution is -2.41. The number of furan rings is 1. The van der Waals surface area contributed by atoms with Crippen LogP contribution in [0.3, 0.4) is 0 Å². The first-order valence-electron chi connectivity index (χ1n) is 8.43. The molecule has 2 heterocycles. The maximum atomic E-state index is 6.36. The van der Waals surface area contributed by atoms with Crippen LogP contribution in [0, 0.1) is 17.9 Å². The minimum absolute atomic E-state index is 0.337. The fraction of sp³-hybridized carbons (Fsp3) is 0.350. The van der Waals surface area contributed by atoms with Crippen molar-refractivity contribution in [2.24, 2.45) is 16.6 Å². The first-order chi connectivity index (χ1) is 12.1. The number of hydrogen-bond donors (Lipinski definition) is 1. The van der Waals surface area contributed by atoms with E-state index in [0.29, 0.717) is 17.3 Å². The fourth-order valence-electron chi connectivity index (χ4n) is 2.65. The van der Waals surface area contributed by atoms with E-state index in [1.165, 1.54) is 0 Å². The number of fused-ring (bicyclic) bond motifs is 1. The molecule has 2 aromatic rings. The van der Waals surface area contributed by atoms with E-state index in [2.05, 4.69) is 25.8 Å². The Bertz CT molecular complexity index is 901. The number of hydrogen-bond acceptors (Lipinski definition) is 5. The summed E-state index contributed by atoms with van der Waals surface area (Å²) in [6.07, 6.45) is 3.15. The third-order valence-corrected chi connectivity index (χ3v) is 4.12. The van der Waals surface area contributed by atoms with Crippen molar-refractivity contribution >= 4 is 5.82 Å². The highest BCUT2D eigenvalue weighted by Gasteiger charge is 2.24. The Balaban J connectivity index is 1.98. The lowest BCUT2D eigenvalue weighted by Gasteiger charge is -2.27. The summed E-state index contributed by atoms with van der Waals surface area (Å²) in [7, 11) is 1.65. The Kier molecular flexibility index (Phi) is 4.99. The Morgan fingerprint density at radius 2 is 2.04 bits per heavy atom. The van der Waals surface area contributed by atoms with Crippen LogP contribution in [0.15, 0.2) is 46.0 Å². The van der Waals surface area contributed by atoms with Gasteiger partial charge in [-0.05, 0) is 36.1 Å². The molecule has 1 atom stereocenters. The first kappa shape index (κ1) is 17.0. The van der Waals surface area contributed by atoms with Crippen LogP contribution in [0.1, 0.15) is 38.4 Å². The van der Waals surface area contributed by atoms with Gasteiger partial charge in [0.25, 0.3) is 0 Å². The second kappa shape index (κ2) is 7.35. The Morgan fingerprint density at radius 3 is 2.72 bits per heavy atom. The van der Waals surface area contributed by atoms with E-state index in [1.807, 2.05) is 35.2 Å². The molecule has 1 aliphatic heterocycles. The number of methoxy groups -OCH3 is 1. The molecule has 1 aromatic heterocycles. The van der Waals surface area contributed by atoms with Crippen LogP contribution in [-0.4, -0.2) is 12.0 Å². The number of nitrogens with two attached hydrogens (primary N) is 1. The van der Waals surface area contributed by atoms with Gasteiger partial charge in [-0.2, -0.15) is 0 Å². The van der Waals surface area contributed by atoms with Crippen LogP contribution in [0.2, 0.25) is 0 Å². The molecule has 1 unspecified atom stereocenters. The lowest BCUT2D eigenvalue weighted by molar-refractivity contribution is 0.369. The zero-order valence-electron chi connectivity index (χ0n) is 14.8. The van der Waals surface area contributed by atoms with E-state index >= 15 is 0 Å². The van der Waals surface area contributed by atoms with Crippen molar-refractivity contribution in [2.45, 2.75) is 32.9 Å². The minimum Gasteiger partial charge on any atom is -0.497 e. The zero-order chi connectivity index (χ0) is 17.8. The number of rotatable bonds is 4. The van der Waals surface area contributed by atoms with Crippen LogP contribution in [-0.2, 0) is 0 Å². The summed E-state index contributed by atoms with van der Waals surface area (Å²) in [5.41, 5.74) is 7.87. The summed E-state index contributed by atoms with van der Waals surface area (Å²) in [6.45, 7) is 4.38. The molecule has 0 saturated heterocycles. The van der Waals surface area contributed by atoms with E-state index < -0.39 is 0 Å². The topological polar surface area (TPSA) is 64.0 Å². The third-order valence-electron chi connectivity index (χ3n) is 4.12. The SMILES string of the molecule is COc1ccc(C2N=c3occc3=C(N)N2C#CCCC(C)C)cc1. The van der Waals surface area contributed by atoms with Crippen LogP contribution in [0.5, 0.6) is 5.75 Å². The molecule has 1 aliphatic rings. The molecule has 2 N–H and O–H groups in total. The van der Waals surface area contributed by atoms with Crippen LogP contribution >= 0.6 is 0 Å². The quantitative estimate of drug-likeness (QED) is 0.870. The zero-order valence-corrected chi connectivity index (χ0v) is 14.8. The Labute approximate surface area is 147 Å². The number of ether oxygens (including phenoxy) is 1. The lowest BCUT2D eigenvalue weighted by atomic mass is 10.1. The van der Waals surface area contributed by atoms with E-state index in [1.54, 1.807) is 13.4 Å². The standard InChI is InChI=1S/C20H23N3O2/c1-14(2)6-4-5-12-23-18(21)17-11-13-25-20(17)22-19(23)15-7-9-16(24-3)10-8-15/h7-11,13-14,19H,4,6,21H2,1-3H3. The van der Waals surface area contributed by atoms with Gasteiger partial charge in [0, 0.05) is 12.5 Å². The molecule has 0 amide bonds. The Hall–Kier alpha value is -2.87. The van der Waals surface area contributed by atoms with Gasteiger partial charge in [-0.3, -0.25) is 4.90 Å². The van der Waals surface area contributed by atoms with Gasteiger partial charge < -0.3 is 14.9 Å². The summed E-state index contributed by atoms with van der Waals surface area (Å²) in [4.78, 5) is 6.51. The molecule has 3 rings (SSSR count). The summed E-state index contributed by atoms with van der Waals surface area (Å²) in [5.74, 6) is 5.21. The summed E-state index contributed by atoms with van der Waals surface area (Å²) in [6, 6.07) is 12.8. The second-order valence-corrected chi connectivity index (χ2v) is 6.39. The van der Waals surface area contributed by atoms with Gasteiger partial charge in [-0.15, -0.1) is 0 Å². The smallest absolute Gasteiger partial charge is 0.227 e. The van der Waals surface area contributed by atoms with Crippen molar-refractivity contribution in [3.63, 3.8) is 0 Å². The van der Waals surface area contributed by atoms with Gasteiger partial charge in [-0.1, -0.05) is 31.9 Å². The van der Waals surface area contributed by atoms with Crippen molar-refractivity contribution in [2.75, 3.05) is 7.11 Å². The maximum absolute atomic E-state index is 6.36. The second-order valence-electron chi connectivity index (χ2n) is 6.39. The van der Waals surface area contributed by atoms with Crippen molar-refractivity contribution in [3.05, 3.63) is 52.9 Å². The van der Waals surface area contributed by atoms with E-state index in [0.717, 1.165) is 29.4 Å². The Morgan fingerprint density at radius 1 is 1.28 bits per heavy atom. The number of nitrogens with zero attached hydrogens (tertiary/aromatic N) is 2. The largest absolute Gasteiger partial charge is 0.497 e. The molecule has 130 valence electrons. The summed E-state index contributed by atoms with van der Waals surface area (Å²) >= 11 is 0. The fourth-order valence-corrected chi connectivity index (χ4v) is 2.65. The van der Waals surface area contributed by atoms with Crippen LogP contribution < -0.4 is 21.2 Å². The van der Waals surface area contributed by atoms with Crippen molar-refractivity contribution in [1.29, 1.82) is 0 Å². The molecule has 5 nitrogen and oxygen atoms in total. The van der Waals surface area contributed by atoms with Crippen molar-refractivity contribution in [3.8, 4) is 17.7 Å². The molecule has 0 radical (unpaired) electrons. The number of benzene rings is 1. The maximum Gasteiger partial charge on any atom is 0.227 e. The highest BCUT2D eigenvalue weighted by molar-refractivity contribution is 5.45. The molecule has 0 aliphatic carbocycles. The molecule has 25 heavy (non-hydrogen) atoms. The molecule has 0 saturated carbocycles. The monoisotopic (exact) mass is 337 g/mol. The normalized spacial score (nSPS) is 16.1. The van der Waals surface area contributed by atoms with Crippen molar-refractivity contribution in [1.82, 2.24) is 4.90 Å². The highest BCUT2D eigenvalue weighted by atomic mass is 16.5. The third kappa shape index (κ3) is 3.63. The molecule has 5 heteroatoms. The highest BCUT2D eigenvalue weighted by Crippen LogP contribution is 2.26. The molecule has 0 bridgehead atoms. The van der Waals surface area contributed by atoms with E-state index in [-0.39, 0.29) is 6.17 Å². The van der Waals surface area contributed by atoms with Gasteiger partial charge in [0.15, 0.2) is 6.17 Å².